The molecule has 12 heteroatoms. The lowest BCUT2D eigenvalue weighted by molar-refractivity contribution is -0.143. The highest BCUT2D eigenvalue weighted by atomic mass is 32.2. The number of carboxylic acids is 1. The summed E-state index contributed by atoms with van der Waals surface area (Å²) in [6.07, 6.45) is 2.04. The summed E-state index contributed by atoms with van der Waals surface area (Å²) in [7, 11) is 0. The van der Waals surface area contributed by atoms with Crippen molar-refractivity contribution in [1.82, 2.24) is 16.0 Å². The molecule has 0 saturated heterocycles. The van der Waals surface area contributed by atoms with Crippen LogP contribution in [0.5, 0.6) is 0 Å². The van der Waals surface area contributed by atoms with E-state index in [0.717, 1.165) is 0 Å². The molecule has 4 amide bonds. The van der Waals surface area contributed by atoms with Crippen molar-refractivity contribution in [3.63, 3.8) is 0 Å². The molecule has 8 N–H and O–H groups in total. The van der Waals surface area contributed by atoms with E-state index in [-0.39, 0.29) is 12.3 Å². The number of hydrogen-bond donors (Lipinski definition) is 6. The van der Waals surface area contributed by atoms with Crippen molar-refractivity contribution >= 4 is 41.4 Å². The number of carbonyl (C=O) groups is 5. The van der Waals surface area contributed by atoms with Gasteiger partial charge in [-0.15, -0.1) is 0 Å². The first-order valence-electron chi connectivity index (χ1n) is 9.61. The molecule has 0 heterocycles. The Bertz CT molecular complexity index is 630. The van der Waals surface area contributed by atoms with E-state index in [9.17, 15) is 29.1 Å². The highest BCUT2D eigenvalue weighted by Crippen LogP contribution is 2.10. The Kier molecular flexibility index (Phi) is 12.7. The average molecular weight is 448 g/mol. The third kappa shape index (κ3) is 9.92. The van der Waals surface area contributed by atoms with E-state index in [1.165, 1.54) is 18.7 Å². The van der Waals surface area contributed by atoms with Gasteiger partial charge in [0.1, 0.15) is 18.1 Å². The molecular weight excluding hydrogens is 414 g/mol. The normalized spacial score (nSPS) is 15.8. The molecule has 0 aliphatic carbocycles. The first-order chi connectivity index (χ1) is 13.9. The number of rotatable bonds is 14. The van der Waals surface area contributed by atoms with Crippen LogP contribution in [0.4, 0.5) is 0 Å². The molecule has 0 aliphatic rings. The average Bonchev–Trinajstić information content (AvgIpc) is 2.66. The largest absolute Gasteiger partial charge is 0.480 e. The predicted octanol–water partition coefficient (Wildman–Crippen LogP) is -1.45. The van der Waals surface area contributed by atoms with Crippen molar-refractivity contribution in [3.05, 3.63) is 0 Å². The molecule has 172 valence electrons. The zero-order chi connectivity index (χ0) is 23.4. The Morgan fingerprint density at radius 1 is 0.967 bits per heavy atom. The van der Waals surface area contributed by atoms with Crippen molar-refractivity contribution in [2.45, 2.75) is 64.2 Å². The molecular formula is C18H33N5O6S. The summed E-state index contributed by atoms with van der Waals surface area (Å²) < 4.78 is 0. The fourth-order valence-electron chi connectivity index (χ4n) is 2.43. The Balaban J connectivity index is 5.45. The maximum atomic E-state index is 12.8. The van der Waals surface area contributed by atoms with E-state index >= 15 is 0 Å². The van der Waals surface area contributed by atoms with Crippen molar-refractivity contribution < 1.29 is 29.1 Å². The third-order valence-corrected chi connectivity index (χ3v) is 5.11. The number of aliphatic carboxylic acids is 1. The van der Waals surface area contributed by atoms with Crippen molar-refractivity contribution in [3.8, 4) is 0 Å². The molecule has 0 aromatic carbocycles. The summed E-state index contributed by atoms with van der Waals surface area (Å²) in [4.78, 5) is 59.8. The second-order valence-corrected chi connectivity index (χ2v) is 8.06. The van der Waals surface area contributed by atoms with E-state index in [0.29, 0.717) is 12.2 Å². The fraction of sp³-hybridized carbons (Fsp3) is 0.722. The highest BCUT2D eigenvalue weighted by molar-refractivity contribution is 7.98. The van der Waals surface area contributed by atoms with Gasteiger partial charge in [0.15, 0.2) is 0 Å². The maximum Gasteiger partial charge on any atom is 0.326 e. The molecule has 11 nitrogen and oxygen atoms in total. The number of thioether (sulfide) groups is 1. The van der Waals surface area contributed by atoms with Gasteiger partial charge in [-0.05, 0) is 31.3 Å². The third-order valence-electron chi connectivity index (χ3n) is 4.47. The number of carbonyl (C=O) groups excluding carboxylic acids is 4. The van der Waals surface area contributed by atoms with Gasteiger partial charge in [-0.25, -0.2) is 4.79 Å². The van der Waals surface area contributed by atoms with Crippen LogP contribution < -0.4 is 27.4 Å². The van der Waals surface area contributed by atoms with Gasteiger partial charge in [-0.2, -0.15) is 11.8 Å². The van der Waals surface area contributed by atoms with Crippen LogP contribution in [0.3, 0.4) is 0 Å². The Labute approximate surface area is 180 Å². The van der Waals surface area contributed by atoms with Gasteiger partial charge in [0.25, 0.3) is 0 Å². The highest BCUT2D eigenvalue weighted by Gasteiger charge is 2.32. The van der Waals surface area contributed by atoms with Gasteiger partial charge < -0.3 is 32.5 Å². The van der Waals surface area contributed by atoms with Gasteiger partial charge in [0.2, 0.25) is 23.6 Å². The van der Waals surface area contributed by atoms with Gasteiger partial charge >= 0.3 is 5.97 Å². The molecule has 5 atom stereocenters. The van der Waals surface area contributed by atoms with Gasteiger partial charge in [0, 0.05) is 0 Å². The number of nitrogens with two attached hydrogens (primary N) is 2. The van der Waals surface area contributed by atoms with Crippen LogP contribution in [0.25, 0.3) is 0 Å². The Morgan fingerprint density at radius 3 is 1.97 bits per heavy atom. The van der Waals surface area contributed by atoms with Gasteiger partial charge in [-0.1, -0.05) is 20.3 Å². The van der Waals surface area contributed by atoms with Crippen LogP contribution in [-0.4, -0.2) is 70.9 Å². The Hall–Kier alpha value is -2.34. The zero-order valence-electron chi connectivity index (χ0n) is 17.8. The summed E-state index contributed by atoms with van der Waals surface area (Å²) in [6.45, 7) is 5.11. The fourth-order valence-corrected chi connectivity index (χ4v) is 2.90. The molecule has 0 rings (SSSR count). The summed E-state index contributed by atoms with van der Waals surface area (Å²) in [5.41, 5.74) is 10.6. The number of nitrogens with one attached hydrogen (secondary N) is 3. The van der Waals surface area contributed by atoms with E-state index in [1.54, 1.807) is 6.92 Å². The van der Waals surface area contributed by atoms with E-state index in [4.69, 9.17) is 11.5 Å². The number of amides is 4. The second kappa shape index (κ2) is 13.8. The van der Waals surface area contributed by atoms with E-state index < -0.39 is 60.2 Å². The van der Waals surface area contributed by atoms with Crippen LogP contribution in [-0.2, 0) is 24.0 Å². The minimum Gasteiger partial charge on any atom is -0.480 e. The molecule has 0 fully saturated rings. The predicted molar refractivity (Wildman–Crippen MR) is 113 cm³/mol. The van der Waals surface area contributed by atoms with Crippen LogP contribution in [0.2, 0.25) is 0 Å². The quantitative estimate of drug-likeness (QED) is 0.186. The molecule has 0 bridgehead atoms. The second-order valence-electron chi connectivity index (χ2n) is 7.07. The SMILES string of the molecule is CCC(C)C(NC(=O)C(C)N)C(=O)NC(CCSC)C(=O)NC(CC(N)=O)C(=O)O. The first kappa shape index (κ1) is 27.7. The number of primary amides is 1. The smallest absolute Gasteiger partial charge is 0.326 e. The van der Waals surface area contributed by atoms with Crippen LogP contribution in [0, 0.1) is 5.92 Å². The summed E-state index contributed by atoms with van der Waals surface area (Å²) >= 11 is 1.44. The zero-order valence-corrected chi connectivity index (χ0v) is 18.6. The minimum absolute atomic E-state index is 0.218. The molecule has 0 aromatic rings. The van der Waals surface area contributed by atoms with Gasteiger partial charge in [-0.3, -0.25) is 19.2 Å². The molecule has 0 aromatic heterocycles. The molecule has 0 radical (unpaired) electrons. The lowest BCUT2D eigenvalue weighted by Gasteiger charge is -2.27. The maximum absolute atomic E-state index is 12.8. The van der Waals surface area contributed by atoms with E-state index in [2.05, 4.69) is 16.0 Å². The number of hydrogen-bond acceptors (Lipinski definition) is 7. The van der Waals surface area contributed by atoms with Crippen molar-refractivity contribution in [1.29, 1.82) is 0 Å². The lowest BCUT2D eigenvalue weighted by Crippen LogP contribution is -2.58. The molecule has 5 unspecified atom stereocenters. The Morgan fingerprint density at radius 2 is 1.53 bits per heavy atom. The summed E-state index contributed by atoms with van der Waals surface area (Å²) in [5, 5.41) is 16.6. The van der Waals surface area contributed by atoms with Crippen molar-refractivity contribution in [2.75, 3.05) is 12.0 Å². The first-order valence-corrected chi connectivity index (χ1v) is 11.0. The molecule has 0 saturated carbocycles. The summed E-state index contributed by atoms with van der Waals surface area (Å²) in [5.74, 6) is -3.88. The van der Waals surface area contributed by atoms with Gasteiger partial charge in [0.05, 0.1) is 12.5 Å². The lowest BCUT2D eigenvalue weighted by atomic mass is 9.97. The van der Waals surface area contributed by atoms with Crippen molar-refractivity contribution in [2.24, 2.45) is 17.4 Å². The standard InChI is InChI=1S/C18H33N5O6S/c1-5-9(2)14(23-15(25)10(3)19)17(27)21-11(6-7-30-4)16(26)22-12(18(28)29)8-13(20)24/h9-12,14H,5-8,19H2,1-4H3,(H2,20,24)(H,21,27)(H,22,26)(H,23,25)(H,28,29). The van der Waals surface area contributed by atoms with Crippen LogP contribution in [0.1, 0.15) is 40.0 Å². The molecule has 0 aliphatic heterocycles. The molecule has 0 spiro atoms. The van der Waals surface area contributed by atoms with Crippen LogP contribution in [0.15, 0.2) is 0 Å². The topological polar surface area (TPSA) is 194 Å². The monoisotopic (exact) mass is 447 g/mol. The van der Waals surface area contributed by atoms with E-state index in [1.807, 2.05) is 13.2 Å². The van der Waals surface area contributed by atoms with Crippen LogP contribution >= 0.6 is 11.8 Å². The molecule has 30 heavy (non-hydrogen) atoms. The number of carboxylic acid groups (broad SMARTS) is 1. The summed E-state index contributed by atoms with van der Waals surface area (Å²) in [6, 6.07) is -4.30. The minimum atomic E-state index is -1.51.